The Morgan fingerprint density at radius 1 is 0.960 bits per heavy atom. The predicted molar refractivity (Wildman–Crippen MR) is 101 cm³/mol. The lowest BCUT2D eigenvalue weighted by Crippen LogP contribution is -1.95. The lowest BCUT2D eigenvalue weighted by atomic mass is 10.00. The predicted octanol–water partition coefficient (Wildman–Crippen LogP) is 4.79. The van der Waals surface area contributed by atoms with E-state index in [1.54, 1.807) is 37.4 Å². The Balaban J connectivity index is 2.43. The van der Waals surface area contributed by atoms with E-state index in [2.05, 4.69) is 6.08 Å². The van der Waals surface area contributed by atoms with Gasteiger partial charge in [0.15, 0.2) is 11.5 Å². The zero-order chi connectivity index (χ0) is 18.4. The van der Waals surface area contributed by atoms with Crippen LogP contribution in [0.5, 0.6) is 23.0 Å². The quantitative estimate of drug-likeness (QED) is 0.586. The van der Waals surface area contributed by atoms with E-state index in [0.717, 1.165) is 16.7 Å². The molecule has 132 valence electrons. The second-order valence-corrected chi connectivity index (χ2v) is 5.97. The Kier molecular flexibility index (Phi) is 6.12. The number of allylic oxidation sites excluding steroid dienone is 2. The van der Waals surface area contributed by atoms with Crippen LogP contribution >= 0.6 is 0 Å². The summed E-state index contributed by atoms with van der Waals surface area (Å²) < 4.78 is 10.6. The van der Waals surface area contributed by atoms with Gasteiger partial charge in [-0.2, -0.15) is 0 Å². The zero-order valence-electron chi connectivity index (χ0n) is 15.0. The summed E-state index contributed by atoms with van der Waals surface area (Å²) in [6.45, 7) is 4.09. The summed E-state index contributed by atoms with van der Waals surface area (Å²) in [7, 11) is 3.11. The first kappa shape index (κ1) is 18.5. The van der Waals surface area contributed by atoms with Gasteiger partial charge in [0.05, 0.1) is 14.2 Å². The molecule has 2 N–H and O–H groups in total. The van der Waals surface area contributed by atoms with Gasteiger partial charge in [-0.1, -0.05) is 29.9 Å². The van der Waals surface area contributed by atoms with E-state index in [0.29, 0.717) is 17.9 Å². The average Bonchev–Trinajstić information content (AvgIpc) is 2.59. The molecule has 4 heteroatoms. The minimum absolute atomic E-state index is 0.0999. The van der Waals surface area contributed by atoms with Crippen LogP contribution in [0, 0.1) is 0 Å². The topological polar surface area (TPSA) is 58.9 Å². The molecular formula is C21H24O4. The highest BCUT2D eigenvalue weighted by atomic mass is 16.5. The third kappa shape index (κ3) is 4.80. The molecule has 0 fully saturated rings. The standard InChI is InChI=1S/C21H24O4/c1-14(2)5-9-18-16(12-17(22)13-20(18)24-3)8-6-15-7-10-19(23)21(11-15)25-4/h5-8,10-13,22-23H,9H2,1-4H3/b8-6+. The fourth-order valence-electron chi connectivity index (χ4n) is 2.49. The fourth-order valence-corrected chi connectivity index (χ4v) is 2.49. The minimum Gasteiger partial charge on any atom is -0.508 e. The number of aromatic hydroxyl groups is 2. The SMILES string of the molecule is COc1cc(/C=C/c2cc(O)cc(OC)c2CC=C(C)C)ccc1O. The van der Waals surface area contributed by atoms with Crippen molar-refractivity contribution in [2.45, 2.75) is 20.3 Å². The number of benzene rings is 2. The molecule has 0 aliphatic carbocycles. The molecule has 0 aliphatic rings. The van der Waals surface area contributed by atoms with E-state index in [-0.39, 0.29) is 11.5 Å². The first-order chi connectivity index (χ1) is 11.9. The van der Waals surface area contributed by atoms with Crippen LogP contribution in [0.3, 0.4) is 0 Å². The molecule has 0 radical (unpaired) electrons. The van der Waals surface area contributed by atoms with Gasteiger partial charge in [-0.15, -0.1) is 0 Å². The minimum atomic E-state index is 0.0999. The van der Waals surface area contributed by atoms with Crippen LogP contribution in [0.2, 0.25) is 0 Å². The summed E-state index contributed by atoms with van der Waals surface area (Å²) in [4.78, 5) is 0. The number of phenolic OH excluding ortho intramolecular Hbond substituents is 2. The van der Waals surface area contributed by atoms with Gasteiger partial charge in [0.1, 0.15) is 11.5 Å². The van der Waals surface area contributed by atoms with Gasteiger partial charge in [0.2, 0.25) is 0 Å². The van der Waals surface area contributed by atoms with Crippen LogP contribution in [0.25, 0.3) is 12.2 Å². The van der Waals surface area contributed by atoms with E-state index in [1.807, 2.05) is 26.0 Å². The van der Waals surface area contributed by atoms with Gasteiger partial charge in [-0.05, 0) is 49.6 Å². The highest BCUT2D eigenvalue weighted by Gasteiger charge is 2.09. The van der Waals surface area contributed by atoms with Crippen LogP contribution in [0.15, 0.2) is 42.0 Å². The largest absolute Gasteiger partial charge is 0.508 e. The highest BCUT2D eigenvalue weighted by Crippen LogP contribution is 2.31. The van der Waals surface area contributed by atoms with E-state index >= 15 is 0 Å². The maximum absolute atomic E-state index is 9.96. The smallest absolute Gasteiger partial charge is 0.161 e. The Labute approximate surface area is 148 Å². The first-order valence-electron chi connectivity index (χ1n) is 8.03. The second kappa shape index (κ2) is 8.29. The number of phenols is 2. The molecule has 4 nitrogen and oxygen atoms in total. The molecular weight excluding hydrogens is 316 g/mol. The monoisotopic (exact) mass is 340 g/mol. The summed E-state index contributed by atoms with van der Waals surface area (Å²) in [6.07, 6.45) is 6.66. The Hall–Kier alpha value is -2.88. The number of rotatable bonds is 6. The van der Waals surface area contributed by atoms with Crippen LogP contribution in [-0.2, 0) is 6.42 Å². The van der Waals surface area contributed by atoms with E-state index in [1.165, 1.54) is 12.7 Å². The van der Waals surface area contributed by atoms with Crippen molar-refractivity contribution in [3.05, 3.63) is 58.7 Å². The molecule has 2 aromatic carbocycles. The summed E-state index contributed by atoms with van der Waals surface area (Å²) in [5.74, 6) is 1.32. The molecule has 0 unspecified atom stereocenters. The lowest BCUT2D eigenvalue weighted by molar-refractivity contribution is 0.373. The van der Waals surface area contributed by atoms with Crippen molar-refractivity contribution < 1.29 is 19.7 Å². The van der Waals surface area contributed by atoms with E-state index < -0.39 is 0 Å². The van der Waals surface area contributed by atoms with Gasteiger partial charge in [-0.3, -0.25) is 0 Å². The molecule has 2 aromatic rings. The molecule has 0 amide bonds. The van der Waals surface area contributed by atoms with Gasteiger partial charge < -0.3 is 19.7 Å². The molecule has 0 bridgehead atoms. The number of ether oxygens (including phenoxy) is 2. The fraction of sp³-hybridized carbons (Fsp3) is 0.238. The third-order valence-electron chi connectivity index (χ3n) is 3.82. The molecule has 25 heavy (non-hydrogen) atoms. The Morgan fingerprint density at radius 3 is 2.32 bits per heavy atom. The maximum Gasteiger partial charge on any atom is 0.161 e. The van der Waals surface area contributed by atoms with Crippen molar-refractivity contribution in [2.75, 3.05) is 14.2 Å². The second-order valence-electron chi connectivity index (χ2n) is 5.97. The maximum atomic E-state index is 9.96. The molecule has 0 spiro atoms. The molecule has 2 rings (SSSR count). The summed E-state index contributed by atoms with van der Waals surface area (Å²) in [5.41, 5.74) is 3.98. The van der Waals surface area contributed by atoms with E-state index in [4.69, 9.17) is 9.47 Å². The van der Waals surface area contributed by atoms with Crippen LogP contribution in [0.4, 0.5) is 0 Å². The van der Waals surface area contributed by atoms with Crippen molar-refractivity contribution >= 4 is 12.2 Å². The van der Waals surface area contributed by atoms with Crippen molar-refractivity contribution in [1.82, 2.24) is 0 Å². The molecule has 0 saturated carbocycles. The zero-order valence-corrected chi connectivity index (χ0v) is 15.0. The van der Waals surface area contributed by atoms with Crippen molar-refractivity contribution in [3.8, 4) is 23.0 Å². The lowest BCUT2D eigenvalue weighted by Gasteiger charge is -2.12. The van der Waals surface area contributed by atoms with Gasteiger partial charge >= 0.3 is 0 Å². The third-order valence-corrected chi connectivity index (χ3v) is 3.82. The van der Waals surface area contributed by atoms with Gasteiger partial charge in [0, 0.05) is 11.6 Å². The highest BCUT2D eigenvalue weighted by molar-refractivity contribution is 5.74. The van der Waals surface area contributed by atoms with Gasteiger partial charge in [-0.25, -0.2) is 0 Å². The van der Waals surface area contributed by atoms with Crippen molar-refractivity contribution in [1.29, 1.82) is 0 Å². The Morgan fingerprint density at radius 2 is 1.68 bits per heavy atom. The van der Waals surface area contributed by atoms with Crippen molar-refractivity contribution in [3.63, 3.8) is 0 Å². The number of hydrogen-bond acceptors (Lipinski definition) is 4. The van der Waals surface area contributed by atoms with Gasteiger partial charge in [0.25, 0.3) is 0 Å². The summed E-state index contributed by atoms with van der Waals surface area (Å²) >= 11 is 0. The molecule has 0 aliphatic heterocycles. The first-order valence-corrected chi connectivity index (χ1v) is 8.03. The molecule has 0 heterocycles. The van der Waals surface area contributed by atoms with E-state index in [9.17, 15) is 10.2 Å². The summed E-state index contributed by atoms with van der Waals surface area (Å²) in [5, 5.41) is 19.6. The average molecular weight is 340 g/mol. The summed E-state index contributed by atoms with van der Waals surface area (Å²) in [6, 6.07) is 8.47. The van der Waals surface area contributed by atoms with Crippen molar-refractivity contribution in [2.24, 2.45) is 0 Å². The molecule has 0 atom stereocenters. The number of methoxy groups -OCH3 is 2. The normalized spacial score (nSPS) is 10.7. The number of hydrogen-bond donors (Lipinski definition) is 2. The van der Waals surface area contributed by atoms with Crippen LogP contribution in [-0.4, -0.2) is 24.4 Å². The molecule has 0 aromatic heterocycles. The Bertz CT molecular complexity index is 800. The molecule has 0 saturated heterocycles. The van der Waals surface area contributed by atoms with Crippen LogP contribution in [0.1, 0.15) is 30.5 Å². The van der Waals surface area contributed by atoms with Crippen LogP contribution < -0.4 is 9.47 Å².